The predicted octanol–water partition coefficient (Wildman–Crippen LogP) is 1.68. The van der Waals surface area contributed by atoms with Crippen LogP contribution in [0.1, 0.15) is 9.75 Å². The molecule has 0 aromatic carbocycles. The van der Waals surface area contributed by atoms with E-state index in [-0.39, 0.29) is 0 Å². The van der Waals surface area contributed by atoms with E-state index in [1.165, 1.54) is 9.75 Å². The van der Waals surface area contributed by atoms with Gasteiger partial charge in [-0.25, -0.2) is 0 Å². The highest BCUT2D eigenvalue weighted by Crippen LogP contribution is 2.27. The van der Waals surface area contributed by atoms with Gasteiger partial charge in [-0.1, -0.05) is 0 Å². The zero-order chi connectivity index (χ0) is 12.4. The summed E-state index contributed by atoms with van der Waals surface area (Å²) in [7, 11) is 0. The van der Waals surface area contributed by atoms with Crippen molar-refractivity contribution in [3.63, 3.8) is 0 Å². The Morgan fingerprint density at radius 2 is 2.53 bits per heavy atom. The maximum Gasteiger partial charge on any atom is 0.322 e. The van der Waals surface area contributed by atoms with Crippen LogP contribution in [0.3, 0.4) is 0 Å². The second-order valence-corrected chi connectivity index (χ2v) is 6.34. The van der Waals surface area contributed by atoms with Crippen LogP contribution in [-0.4, -0.2) is 41.7 Å². The minimum atomic E-state index is -0.746. The molecule has 0 bridgehead atoms. The number of piperazine rings is 1. The molecule has 1 saturated heterocycles. The molecule has 6 heteroatoms. The summed E-state index contributed by atoms with van der Waals surface area (Å²) in [5, 5.41) is 12.3. The van der Waals surface area contributed by atoms with E-state index in [1.54, 1.807) is 11.3 Å². The fourth-order valence-electron chi connectivity index (χ4n) is 1.98. The number of hydrogen-bond acceptors (Lipinski definition) is 4. The molecule has 1 fully saturated rings. The average Bonchev–Trinajstić information content (AvgIpc) is 2.58. The third-order valence-electron chi connectivity index (χ3n) is 2.91. The van der Waals surface area contributed by atoms with E-state index in [4.69, 9.17) is 5.11 Å². The Morgan fingerprint density at radius 3 is 3.12 bits per heavy atom. The van der Waals surface area contributed by atoms with Crippen molar-refractivity contribution in [3.8, 4) is 0 Å². The average molecular weight is 319 g/mol. The number of aliphatic carboxylic acids is 1. The fraction of sp³-hybridized carbons (Fsp3) is 0.545. The number of thiophene rings is 1. The maximum absolute atomic E-state index is 11.1. The van der Waals surface area contributed by atoms with Crippen LogP contribution in [0.15, 0.2) is 10.5 Å². The molecule has 1 aromatic rings. The van der Waals surface area contributed by atoms with Crippen molar-refractivity contribution in [2.24, 2.45) is 0 Å². The molecule has 0 aliphatic carbocycles. The molecular formula is C11H15BrN2O2S. The van der Waals surface area contributed by atoms with E-state index in [0.717, 1.165) is 24.1 Å². The molecule has 17 heavy (non-hydrogen) atoms. The van der Waals surface area contributed by atoms with Crippen molar-refractivity contribution in [1.29, 1.82) is 0 Å². The molecule has 2 rings (SSSR count). The quantitative estimate of drug-likeness (QED) is 0.890. The van der Waals surface area contributed by atoms with Gasteiger partial charge in [-0.05, 0) is 28.9 Å². The lowest BCUT2D eigenvalue weighted by Crippen LogP contribution is -2.54. The van der Waals surface area contributed by atoms with Crippen molar-refractivity contribution < 1.29 is 9.90 Å². The molecule has 2 N–H and O–H groups in total. The van der Waals surface area contributed by atoms with Crippen molar-refractivity contribution >= 4 is 33.2 Å². The van der Waals surface area contributed by atoms with Gasteiger partial charge in [0.1, 0.15) is 6.04 Å². The third-order valence-corrected chi connectivity index (χ3v) is 5.03. The van der Waals surface area contributed by atoms with Gasteiger partial charge in [0.2, 0.25) is 0 Å². The van der Waals surface area contributed by atoms with Crippen molar-refractivity contribution in [2.45, 2.75) is 19.5 Å². The van der Waals surface area contributed by atoms with Crippen LogP contribution >= 0.6 is 27.3 Å². The van der Waals surface area contributed by atoms with E-state index in [2.05, 4.69) is 34.2 Å². The second kappa shape index (κ2) is 5.48. The molecular weight excluding hydrogens is 304 g/mol. The first kappa shape index (κ1) is 13.0. The summed E-state index contributed by atoms with van der Waals surface area (Å²) < 4.78 is 1.11. The number of hydrogen-bond donors (Lipinski definition) is 2. The van der Waals surface area contributed by atoms with Gasteiger partial charge in [0.15, 0.2) is 0 Å². The number of carbonyl (C=O) groups is 1. The van der Waals surface area contributed by atoms with E-state index >= 15 is 0 Å². The zero-order valence-corrected chi connectivity index (χ0v) is 12.0. The Morgan fingerprint density at radius 1 is 1.76 bits per heavy atom. The number of rotatable bonds is 3. The van der Waals surface area contributed by atoms with E-state index in [1.807, 2.05) is 4.90 Å². The van der Waals surface area contributed by atoms with Crippen molar-refractivity contribution in [1.82, 2.24) is 10.2 Å². The smallest absolute Gasteiger partial charge is 0.322 e. The molecule has 0 amide bonds. The highest BCUT2D eigenvalue weighted by atomic mass is 79.9. The van der Waals surface area contributed by atoms with Crippen LogP contribution in [0.5, 0.6) is 0 Å². The lowest BCUT2D eigenvalue weighted by atomic mass is 10.2. The molecule has 1 atom stereocenters. The minimum absolute atomic E-state index is 0.412. The van der Waals surface area contributed by atoms with Crippen LogP contribution in [0.2, 0.25) is 0 Å². The number of carboxylic acids is 1. The van der Waals surface area contributed by atoms with Gasteiger partial charge in [0.05, 0.1) is 0 Å². The monoisotopic (exact) mass is 318 g/mol. The molecule has 94 valence electrons. The third kappa shape index (κ3) is 3.07. The van der Waals surface area contributed by atoms with Crippen LogP contribution in [0, 0.1) is 6.92 Å². The van der Waals surface area contributed by atoms with Crippen LogP contribution in [0.25, 0.3) is 0 Å². The number of aryl methyl sites for hydroxylation is 1. The maximum atomic E-state index is 11.1. The van der Waals surface area contributed by atoms with Gasteiger partial charge < -0.3 is 10.4 Å². The number of carboxylic acid groups (broad SMARTS) is 1. The molecule has 1 aliphatic rings. The summed E-state index contributed by atoms with van der Waals surface area (Å²) in [4.78, 5) is 15.6. The molecule has 0 spiro atoms. The van der Waals surface area contributed by atoms with Gasteiger partial charge >= 0.3 is 5.97 Å². The molecule has 1 aromatic heterocycles. The van der Waals surface area contributed by atoms with Crippen molar-refractivity contribution in [2.75, 3.05) is 19.6 Å². The van der Waals surface area contributed by atoms with Gasteiger partial charge in [0.25, 0.3) is 0 Å². The number of halogens is 1. The summed E-state index contributed by atoms with van der Waals surface area (Å²) in [5.74, 6) is -0.746. The van der Waals surface area contributed by atoms with E-state index in [9.17, 15) is 4.79 Å². The first-order valence-corrected chi connectivity index (χ1v) is 7.11. The first-order valence-electron chi connectivity index (χ1n) is 5.50. The Kier molecular flexibility index (Phi) is 4.19. The van der Waals surface area contributed by atoms with Crippen LogP contribution in [-0.2, 0) is 11.3 Å². The van der Waals surface area contributed by atoms with E-state index < -0.39 is 12.0 Å². The lowest BCUT2D eigenvalue weighted by Gasteiger charge is -2.32. The Balaban J connectivity index is 2.07. The molecule has 0 radical (unpaired) electrons. The Labute approximate surface area is 113 Å². The Bertz CT molecular complexity index is 402. The van der Waals surface area contributed by atoms with Gasteiger partial charge in [-0.2, -0.15) is 0 Å². The Hall–Kier alpha value is -0.430. The molecule has 1 aliphatic heterocycles. The van der Waals surface area contributed by atoms with Gasteiger partial charge in [-0.15, -0.1) is 11.3 Å². The SMILES string of the molecule is Cc1sc(CN2CCNCC2C(=O)O)cc1Br. The normalized spacial score (nSPS) is 21.6. The fourth-order valence-corrected chi connectivity index (χ4v) is 3.60. The summed E-state index contributed by atoms with van der Waals surface area (Å²) in [6.07, 6.45) is 0. The zero-order valence-electron chi connectivity index (χ0n) is 9.57. The van der Waals surface area contributed by atoms with Crippen molar-refractivity contribution in [3.05, 3.63) is 20.3 Å². The number of nitrogens with zero attached hydrogens (tertiary/aromatic N) is 1. The topological polar surface area (TPSA) is 52.6 Å². The largest absolute Gasteiger partial charge is 0.480 e. The molecule has 4 nitrogen and oxygen atoms in total. The standard InChI is InChI=1S/C11H15BrN2O2S/c1-7-9(12)4-8(17-7)6-14-3-2-13-5-10(14)11(15)16/h4,10,13H,2-3,5-6H2,1H3,(H,15,16). The summed E-state index contributed by atoms with van der Waals surface area (Å²) in [6.45, 7) is 4.95. The molecule has 0 saturated carbocycles. The highest BCUT2D eigenvalue weighted by Gasteiger charge is 2.28. The lowest BCUT2D eigenvalue weighted by molar-refractivity contribution is -0.144. The predicted molar refractivity (Wildman–Crippen MR) is 71.5 cm³/mol. The summed E-state index contributed by atoms with van der Waals surface area (Å²) >= 11 is 5.21. The highest BCUT2D eigenvalue weighted by molar-refractivity contribution is 9.10. The van der Waals surface area contributed by atoms with Crippen LogP contribution < -0.4 is 5.32 Å². The number of nitrogens with one attached hydrogen (secondary N) is 1. The van der Waals surface area contributed by atoms with Crippen LogP contribution in [0.4, 0.5) is 0 Å². The molecule has 1 unspecified atom stereocenters. The van der Waals surface area contributed by atoms with E-state index in [0.29, 0.717) is 6.54 Å². The summed E-state index contributed by atoms with van der Waals surface area (Å²) in [5.41, 5.74) is 0. The minimum Gasteiger partial charge on any atom is -0.480 e. The second-order valence-electron chi connectivity index (χ2n) is 4.15. The van der Waals surface area contributed by atoms with Gasteiger partial charge in [0, 0.05) is 40.4 Å². The van der Waals surface area contributed by atoms with Gasteiger partial charge in [-0.3, -0.25) is 9.69 Å². The molecule has 2 heterocycles. The first-order chi connectivity index (χ1) is 8.08. The summed E-state index contributed by atoms with van der Waals surface area (Å²) in [6, 6.07) is 1.67.